The van der Waals surface area contributed by atoms with Crippen LogP contribution < -0.4 is 0 Å². The molecule has 0 aromatic carbocycles. The standard InChI is InChI=1S/C10H16O3/c1-3-9(13-8(2)11)10-6-4-5-7-12-10/h3,9-10H,1,4-7H2,2H3/t9-,10+/m1/s1. The first-order valence-electron chi connectivity index (χ1n) is 4.65. The second-order valence-electron chi connectivity index (χ2n) is 3.21. The Hall–Kier alpha value is -0.830. The number of hydrogen-bond acceptors (Lipinski definition) is 3. The lowest BCUT2D eigenvalue weighted by molar-refractivity contribution is -0.152. The third-order valence-corrected chi connectivity index (χ3v) is 2.12. The van der Waals surface area contributed by atoms with E-state index in [2.05, 4.69) is 6.58 Å². The zero-order valence-electron chi connectivity index (χ0n) is 7.99. The summed E-state index contributed by atoms with van der Waals surface area (Å²) in [5, 5.41) is 0. The van der Waals surface area contributed by atoms with Crippen molar-refractivity contribution < 1.29 is 14.3 Å². The highest BCUT2D eigenvalue weighted by atomic mass is 16.6. The van der Waals surface area contributed by atoms with Gasteiger partial charge in [-0.2, -0.15) is 0 Å². The average molecular weight is 184 g/mol. The van der Waals surface area contributed by atoms with Crippen molar-refractivity contribution in [1.29, 1.82) is 0 Å². The highest BCUT2D eigenvalue weighted by Gasteiger charge is 2.24. The molecule has 0 spiro atoms. The number of hydrogen-bond donors (Lipinski definition) is 0. The molecule has 3 nitrogen and oxygen atoms in total. The second kappa shape index (κ2) is 5.02. The lowest BCUT2D eigenvalue weighted by Gasteiger charge is -2.27. The van der Waals surface area contributed by atoms with Gasteiger partial charge in [-0.25, -0.2) is 0 Å². The fourth-order valence-corrected chi connectivity index (χ4v) is 1.49. The van der Waals surface area contributed by atoms with Crippen LogP contribution in [0.2, 0.25) is 0 Å². The fourth-order valence-electron chi connectivity index (χ4n) is 1.49. The molecule has 13 heavy (non-hydrogen) atoms. The van der Waals surface area contributed by atoms with E-state index in [9.17, 15) is 4.79 Å². The van der Waals surface area contributed by atoms with Crippen molar-refractivity contribution >= 4 is 5.97 Å². The van der Waals surface area contributed by atoms with Crippen molar-refractivity contribution in [2.24, 2.45) is 0 Å². The molecule has 0 aromatic heterocycles. The number of carbonyl (C=O) groups excluding carboxylic acids is 1. The quantitative estimate of drug-likeness (QED) is 0.494. The van der Waals surface area contributed by atoms with Gasteiger partial charge in [-0.3, -0.25) is 4.79 Å². The van der Waals surface area contributed by atoms with Crippen LogP contribution in [0.1, 0.15) is 26.2 Å². The Balaban J connectivity index is 2.43. The first-order valence-corrected chi connectivity index (χ1v) is 4.65. The maximum atomic E-state index is 10.7. The van der Waals surface area contributed by atoms with Crippen LogP contribution in [0.5, 0.6) is 0 Å². The highest BCUT2D eigenvalue weighted by Crippen LogP contribution is 2.18. The molecule has 0 N–H and O–H groups in total. The lowest BCUT2D eigenvalue weighted by atomic mass is 10.0. The maximum absolute atomic E-state index is 10.7. The van der Waals surface area contributed by atoms with Crippen LogP contribution >= 0.6 is 0 Å². The number of carbonyl (C=O) groups is 1. The predicted molar refractivity (Wildman–Crippen MR) is 49.3 cm³/mol. The molecular weight excluding hydrogens is 168 g/mol. The molecule has 1 heterocycles. The molecule has 2 atom stereocenters. The van der Waals surface area contributed by atoms with E-state index in [1.165, 1.54) is 6.92 Å². The van der Waals surface area contributed by atoms with Crippen LogP contribution in [-0.2, 0) is 14.3 Å². The highest BCUT2D eigenvalue weighted by molar-refractivity contribution is 5.66. The number of rotatable bonds is 3. The van der Waals surface area contributed by atoms with Gasteiger partial charge in [0, 0.05) is 13.5 Å². The summed E-state index contributed by atoms with van der Waals surface area (Å²) in [7, 11) is 0. The summed E-state index contributed by atoms with van der Waals surface area (Å²) >= 11 is 0. The minimum Gasteiger partial charge on any atom is -0.456 e. The van der Waals surface area contributed by atoms with Gasteiger partial charge in [-0.1, -0.05) is 6.58 Å². The van der Waals surface area contributed by atoms with Gasteiger partial charge in [0.15, 0.2) is 0 Å². The van der Waals surface area contributed by atoms with Gasteiger partial charge in [0.05, 0.1) is 6.10 Å². The monoisotopic (exact) mass is 184 g/mol. The van der Waals surface area contributed by atoms with E-state index in [-0.39, 0.29) is 18.2 Å². The average Bonchev–Trinajstić information content (AvgIpc) is 2.15. The lowest BCUT2D eigenvalue weighted by Crippen LogP contribution is -2.33. The normalized spacial score (nSPS) is 24.8. The van der Waals surface area contributed by atoms with Gasteiger partial charge in [0.25, 0.3) is 0 Å². The molecule has 1 aliphatic rings. The topological polar surface area (TPSA) is 35.5 Å². The second-order valence-corrected chi connectivity index (χ2v) is 3.21. The Morgan fingerprint density at radius 2 is 2.46 bits per heavy atom. The van der Waals surface area contributed by atoms with Gasteiger partial charge in [-0.05, 0) is 25.3 Å². The van der Waals surface area contributed by atoms with Gasteiger partial charge in [0.2, 0.25) is 0 Å². The van der Waals surface area contributed by atoms with Gasteiger partial charge in [0.1, 0.15) is 6.10 Å². The molecule has 1 rings (SSSR count). The van der Waals surface area contributed by atoms with E-state index >= 15 is 0 Å². The molecule has 74 valence electrons. The Bertz CT molecular complexity index is 183. The summed E-state index contributed by atoms with van der Waals surface area (Å²) in [6.07, 6.45) is 4.55. The van der Waals surface area contributed by atoms with E-state index < -0.39 is 0 Å². The SMILES string of the molecule is C=C[C@@H](OC(C)=O)[C@@H]1CCCCO1. The van der Waals surface area contributed by atoms with E-state index in [0.29, 0.717) is 0 Å². The van der Waals surface area contributed by atoms with Crippen LogP contribution in [0.4, 0.5) is 0 Å². The number of esters is 1. The van der Waals surface area contributed by atoms with E-state index in [1.54, 1.807) is 6.08 Å². The smallest absolute Gasteiger partial charge is 0.303 e. The van der Waals surface area contributed by atoms with Crippen molar-refractivity contribution in [2.45, 2.75) is 38.4 Å². The van der Waals surface area contributed by atoms with Crippen LogP contribution in [0.3, 0.4) is 0 Å². The van der Waals surface area contributed by atoms with Crippen LogP contribution in [0, 0.1) is 0 Å². The first-order chi connectivity index (χ1) is 6.24. The van der Waals surface area contributed by atoms with Crippen molar-refractivity contribution in [1.82, 2.24) is 0 Å². The Morgan fingerprint density at radius 1 is 1.69 bits per heavy atom. The predicted octanol–water partition coefficient (Wildman–Crippen LogP) is 1.67. The Kier molecular flexibility index (Phi) is 3.96. The Morgan fingerprint density at radius 3 is 2.92 bits per heavy atom. The zero-order chi connectivity index (χ0) is 9.68. The molecule has 3 heteroatoms. The zero-order valence-corrected chi connectivity index (χ0v) is 7.99. The minimum atomic E-state index is -0.280. The molecule has 0 radical (unpaired) electrons. The summed E-state index contributed by atoms with van der Waals surface area (Å²) in [4.78, 5) is 10.7. The van der Waals surface area contributed by atoms with Gasteiger partial charge < -0.3 is 9.47 Å². The van der Waals surface area contributed by atoms with E-state index in [4.69, 9.17) is 9.47 Å². The molecule has 0 saturated carbocycles. The number of ether oxygens (including phenoxy) is 2. The third kappa shape index (κ3) is 3.19. The summed E-state index contributed by atoms with van der Waals surface area (Å²) < 4.78 is 10.5. The molecule has 1 saturated heterocycles. The van der Waals surface area contributed by atoms with Crippen LogP contribution in [0.15, 0.2) is 12.7 Å². The van der Waals surface area contributed by atoms with Crippen LogP contribution in [0.25, 0.3) is 0 Å². The molecular formula is C10H16O3. The van der Waals surface area contributed by atoms with E-state index in [0.717, 1.165) is 25.9 Å². The molecule has 1 aliphatic heterocycles. The molecule has 0 bridgehead atoms. The molecule has 0 aliphatic carbocycles. The van der Waals surface area contributed by atoms with Crippen molar-refractivity contribution in [2.75, 3.05) is 6.61 Å². The van der Waals surface area contributed by atoms with Crippen molar-refractivity contribution in [3.63, 3.8) is 0 Å². The molecule has 0 amide bonds. The van der Waals surface area contributed by atoms with Gasteiger partial charge in [-0.15, -0.1) is 0 Å². The summed E-state index contributed by atoms with van der Waals surface area (Å²) in [5.41, 5.74) is 0. The first kappa shape index (κ1) is 10.3. The van der Waals surface area contributed by atoms with Gasteiger partial charge >= 0.3 is 5.97 Å². The molecule has 0 unspecified atom stereocenters. The van der Waals surface area contributed by atoms with Crippen molar-refractivity contribution in [3.8, 4) is 0 Å². The summed E-state index contributed by atoms with van der Waals surface area (Å²) in [5.74, 6) is -0.279. The summed E-state index contributed by atoms with van der Waals surface area (Å²) in [6.45, 7) is 5.79. The van der Waals surface area contributed by atoms with Crippen molar-refractivity contribution in [3.05, 3.63) is 12.7 Å². The minimum absolute atomic E-state index is 0.00940. The maximum Gasteiger partial charge on any atom is 0.303 e. The largest absolute Gasteiger partial charge is 0.456 e. The van der Waals surface area contributed by atoms with Crippen LogP contribution in [-0.4, -0.2) is 24.8 Å². The summed E-state index contributed by atoms with van der Waals surface area (Å²) in [6, 6.07) is 0. The van der Waals surface area contributed by atoms with E-state index in [1.807, 2.05) is 0 Å². The Labute approximate surface area is 78.7 Å². The fraction of sp³-hybridized carbons (Fsp3) is 0.700. The molecule has 0 aromatic rings. The third-order valence-electron chi connectivity index (χ3n) is 2.12. The molecule has 1 fully saturated rings.